The van der Waals surface area contributed by atoms with E-state index in [1.807, 2.05) is 51.1 Å². The summed E-state index contributed by atoms with van der Waals surface area (Å²) in [7, 11) is 0. The minimum Gasteiger partial charge on any atom is -0.476 e. The smallest absolute Gasteiger partial charge is 0.319 e. The zero-order valence-corrected chi connectivity index (χ0v) is 16.2. The van der Waals surface area contributed by atoms with Crippen molar-refractivity contribution in [1.82, 2.24) is 15.0 Å². The Morgan fingerprint density at radius 3 is 2.56 bits per heavy atom. The second-order valence-electron chi connectivity index (χ2n) is 5.49. The highest BCUT2D eigenvalue weighted by Crippen LogP contribution is 2.29. The molecular formula is C19H20N4O3S. The fraction of sp³-hybridized carbons (Fsp3) is 0.263. The van der Waals surface area contributed by atoms with Gasteiger partial charge in [0.05, 0.1) is 25.1 Å². The predicted molar refractivity (Wildman–Crippen MR) is 105 cm³/mol. The average molecular weight is 384 g/mol. The van der Waals surface area contributed by atoms with E-state index in [1.165, 1.54) is 17.5 Å². The lowest BCUT2D eigenvalue weighted by Crippen LogP contribution is -2.14. The van der Waals surface area contributed by atoms with Crippen LogP contribution in [0.5, 0.6) is 11.9 Å². The van der Waals surface area contributed by atoms with Crippen LogP contribution in [-0.4, -0.2) is 34.1 Å². The number of hydrogen-bond acceptors (Lipinski definition) is 7. The quantitative estimate of drug-likeness (QED) is 0.664. The maximum Gasteiger partial charge on any atom is 0.319 e. The molecular weight excluding hydrogens is 364 g/mol. The lowest BCUT2D eigenvalue weighted by Gasteiger charge is -2.11. The zero-order valence-electron chi connectivity index (χ0n) is 15.4. The van der Waals surface area contributed by atoms with Crippen LogP contribution in [0.2, 0.25) is 0 Å². The Morgan fingerprint density at radius 1 is 1.11 bits per heavy atom. The molecule has 140 valence electrons. The molecule has 0 saturated carbocycles. The summed E-state index contributed by atoms with van der Waals surface area (Å²) in [6, 6.07) is 9.97. The fourth-order valence-corrected chi connectivity index (χ4v) is 3.34. The number of carbonyl (C=O) groups is 1. The van der Waals surface area contributed by atoms with Crippen LogP contribution in [-0.2, 0) is 0 Å². The molecule has 0 saturated heterocycles. The molecule has 3 rings (SSSR count). The molecule has 8 heteroatoms. The van der Waals surface area contributed by atoms with Gasteiger partial charge in [-0.2, -0.15) is 4.98 Å². The molecule has 0 radical (unpaired) electrons. The van der Waals surface area contributed by atoms with Crippen LogP contribution in [0.15, 0.2) is 36.5 Å². The van der Waals surface area contributed by atoms with Crippen molar-refractivity contribution >= 4 is 22.9 Å². The number of benzene rings is 1. The number of aromatic nitrogens is 3. The van der Waals surface area contributed by atoms with Crippen LogP contribution < -0.4 is 14.8 Å². The first kappa shape index (κ1) is 18.8. The summed E-state index contributed by atoms with van der Waals surface area (Å²) in [6.45, 7) is 6.35. The molecule has 0 spiro atoms. The number of anilines is 1. The van der Waals surface area contributed by atoms with Crippen molar-refractivity contribution in [3.8, 4) is 22.5 Å². The maximum atomic E-state index is 12.8. The second-order valence-corrected chi connectivity index (χ2v) is 6.49. The molecule has 1 amide bonds. The van der Waals surface area contributed by atoms with Crippen LogP contribution >= 0.6 is 11.3 Å². The number of ether oxygens (including phenoxy) is 2. The third kappa shape index (κ3) is 4.40. The SMILES string of the molecule is CCOc1ncc(NC(=O)c2sc(-c3ccccc3)nc2C)c(OCC)n1. The van der Waals surface area contributed by atoms with E-state index < -0.39 is 0 Å². The van der Waals surface area contributed by atoms with E-state index in [1.54, 1.807) is 0 Å². The lowest BCUT2D eigenvalue weighted by molar-refractivity contribution is 0.102. The van der Waals surface area contributed by atoms with E-state index in [2.05, 4.69) is 20.3 Å². The minimum absolute atomic E-state index is 0.208. The first-order chi connectivity index (χ1) is 13.1. The van der Waals surface area contributed by atoms with Crippen molar-refractivity contribution in [3.05, 3.63) is 47.1 Å². The highest BCUT2D eigenvalue weighted by atomic mass is 32.1. The summed E-state index contributed by atoms with van der Waals surface area (Å²) >= 11 is 1.34. The molecule has 0 bridgehead atoms. The van der Waals surface area contributed by atoms with E-state index in [4.69, 9.17) is 9.47 Å². The average Bonchev–Trinajstić information content (AvgIpc) is 3.07. The molecule has 0 aliphatic carbocycles. The van der Waals surface area contributed by atoms with Gasteiger partial charge in [-0.1, -0.05) is 30.3 Å². The van der Waals surface area contributed by atoms with E-state index in [0.29, 0.717) is 29.5 Å². The van der Waals surface area contributed by atoms with E-state index in [-0.39, 0.29) is 17.8 Å². The molecule has 1 aromatic carbocycles. The van der Waals surface area contributed by atoms with Gasteiger partial charge in [0.2, 0.25) is 5.88 Å². The van der Waals surface area contributed by atoms with Gasteiger partial charge >= 0.3 is 6.01 Å². The summed E-state index contributed by atoms with van der Waals surface area (Å²) in [5.41, 5.74) is 2.03. The molecule has 7 nitrogen and oxygen atoms in total. The monoisotopic (exact) mass is 384 g/mol. The number of thiazole rings is 1. The third-order valence-electron chi connectivity index (χ3n) is 3.56. The van der Waals surface area contributed by atoms with Crippen molar-refractivity contribution in [3.63, 3.8) is 0 Å². The highest BCUT2D eigenvalue weighted by molar-refractivity contribution is 7.17. The number of nitrogens with zero attached hydrogens (tertiary/aromatic N) is 3. The zero-order chi connectivity index (χ0) is 19.2. The van der Waals surface area contributed by atoms with Gasteiger partial charge in [-0.3, -0.25) is 4.79 Å². The Bertz CT molecular complexity index is 928. The van der Waals surface area contributed by atoms with Crippen molar-refractivity contribution in [2.24, 2.45) is 0 Å². The first-order valence-electron chi connectivity index (χ1n) is 8.59. The molecule has 0 unspecified atom stereocenters. The molecule has 0 aliphatic rings. The summed E-state index contributed by atoms with van der Waals surface area (Å²) in [5.74, 6) is -0.00403. The maximum absolute atomic E-state index is 12.8. The van der Waals surface area contributed by atoms with E-state index in [9.17, 15) is 4.79 Å². The van der Waals surface area contributed by atoms with Crippen molar-refractivity contribution in [1.29, 1.82) is 0 Å². The number of amides is 1. The summed E-state index contributed by atoms with van der Waals surface area (Å²) in [5, 5.41) is 3.61. The number of nitrogens with one attached hydrogen (secondary N) is 1. The third-order valence-corrected chi connectivity index (χ3v) is 4.76. The van der Waals surface area contributed by atoms with Crippen molar-refractivity contribution < 1.29 is 14.3 Å². The predicted octanol–water partition coefficient (Wildman–Crippen LogP) is 3.96. The van der Waals surface area contributed by atoms with Crippen molar-refractivity contribution in [2.45, 2.75) is 20.8 Å². The fourth-order valence-electron chi connectivity index (χ4n) is 2.37. The molecule has 0 fully saturated rings. The van der Waals surface area contributed by atoms with Crippen LogP contribution in [0.1, 0.15) is 29.2 Å². The van der Waals surface area contributed by atoms with Gasteiger partial charge in [-0.25, -0.2) is 9.97 Å². The molecule has 27 heavy (non-hydrogen) atoms. The van der Waals surface area contributed by atoms with Gasteiger partial charge < -0.3 is 14.8 Å². The Kier molecular flexibility index (Phi) is 5.97. The highest BCUT2D eigenvalue weighted by Gasteiger charge is 2.19. The Morgan fingerprint density at radius 2 is 1.85 bits per heavy atom. The first-order valence-corrected chi connectivity index (χ1v) is 9.40. The minimum atomic E-state index is -0.277. The van der Waals surface area contributed by atoms with Gasteiger partial charge in [0, 0.05) is 5.56 Å². The summed E-state index contributed by atoms with van der Waals surface area (Å²) in [4.78, 5) is 26.1. The largest absolute Gasteiger partial charge is 0.476 e. The van der Waals surface area contributed by atoms with E-state index >= 15 is 0 Å². The van der Waals surface area contributed by atoms with Gasteiger partial charge in [-0.05, 0) is 20.8 Å². The molecule has 2 aromatic heterocycles. The van der Waals surface area contributed by atoms with Crippen LogP contribution in [0, 0.1) is 6.92 Å². The Labute approximate surface area is 161 Å². The van der Waals surface area contributed by atoms with E-state index in [0.717, 1.165) is 10.6 Å². The second kappa shape index (κ2) is 8.59. The van der Waals surface area contributed by atoms with Gasteiger partial charge in [0.1, 0.15) is 15.6 Å². The topological polar surface area (TPSA) is 86.2 Å². The summed E-state index contributed by atoms with van der Waals surface area (Å²) in [6.07, 6.45) is 1.48. The number of rotatable bonds is 7. The van der Waals surface area contributed by atoms with Gasteiger partial charge in [0.15, 0.2) is 0 Å². The number of aryl methyl sites for hydroxylation is 1. The number of carbonyl (C=O) groups excluding carboxylic acids is 1. The molecule has 2 heterocycles. The molecule has 0 atom stereocenters. The molecule has 0 aliphatic heterocycles. The lowest BCUT2D eigenvalue weighted by atomic mass is 10.2. The number of hydrogen-bond donors (Lipinski definition) is 1. The van der Waals surface area contributed by atoms with Crippen LogP contribution in [0.4, 0.5) is 5.69 Å². The standard InChI is InChI=1S/C19H20N4O3S/c1-4-25-17-14(11-20-19(23-17)26-5-2)22-16(24)15-12(3)21-18(27-15)13-9-7-6-8-10-13/h6-11H,4-5H2,1-3H3,(H,22,24). The molecule has 1 N–H and O–H groups in total. The van der Waals surface area contributed by atoms with Gasteiger partial charge in [-0.15, -0.1) is 11.3 Å². The Balaban J connectivity index is 1.84. The van der Waals surface area contributed by atoms with Crippen LogP contribution in [0.3, 0.4) is 0 Å². The van der Waals surface area contributed by atoms with Gasteiger partial charge in [0.25, 0.3) is 5.91 Å². The molecule has 3 aromatic rings. The Hall–Kier alpha value is -3.00. The van der Waals surface area contributed by atoms with Crippen LogP contribution in [0.25, 0.3) is 10.6 Å². The summed E-state index contributed by atoms with van der Waals surface area (Å²) < 4.78 is 10.8. The van der Waals surface area contributed by atoms with Crippen molar-refractivity contribution in [2.75, 3.05) is 18.5 Å². The normalized spacial score (nSPS) is 10.5.